The van der Waals surface area contributed by atoms with Crippen LogP contribution in [0.3, 0.4) is 0 Å². The Morgan fingerprint density at radius 2 is 0.579 bits per heavy atom. The summed E-state index contributed by atoms with van der Waals surface area (Å²) in [6, 6.07) is 0. The summed E-state index contributed by atoms with van der Waals surface area (Å²) in [4.78, 5) is 23.7. The highest BCUT2D eigenvalue weighted by Crippen LogP contribution is 2.13. The van der Waals surface area contributed by atoms with Gasteiger partial charge in [-0.05, 0) is 25.7 Å². The highest BCUT2D eigenvalue weighted by molar-refractivity contribution is 5.69. The maximum absolute atomic E-state index is 11.8. The standard InChI is InChI=1S/C34H66O4/c1-3-5-7-9-11-19-23-27-31-37-33(35)29-25-21-17-15-13-14-16-18-22-26-30-34(36)38-32-28-24-20-12-10-8-6-4-2/h3-32H2,1-2H3. The molecule has 0 fully saturated rings. The summed E-state index contributed by atoms with van der Waals surface area (Å²) in [5.74, 6) is -0.0185. The number of hydrogen-bond donors (Lipinski definition) is 0. The fourth-order valence-corrected chi connectivity index (χ4v) is 4.94. The summed E-state index contributed by atoms with van der Waals surface area (Å²) in [6.07, 6.45) is 33.2. The first kappa shape index (κ1) is 36.9. The van der Waals surface area contributed by atoms with Gasteiger partial charge in [-0.2, -0.15) is 0 Å². The smallest absolute Gasteiger partial charge is 0.305 e. The third-order valence-electron chi connectivity index (χ3n) is 7.53. The molecule has 0 amide bonds. The Balaban J connectivity index is 3.22. The number of rotatable bonds is 31. The maximum atomic E-state index is 11.8. The van der Waals surface area contributed by atoms with E-state index < -0.39 is 0 Å². The van der Waals surface area contributed by atoms with Crippen LogP contribution in [0, 0.1) is 0 Å². The minimum Gasteiger partial charge on any atom is -0.466 e. The second-order valence-corrected chi connectivity index (χ2v) is 11.4. The Hall–Kier alpha value is -1.06. The van der Waals surface area contributed by atoms with Crippen LogP contribution in [0.4, 0.5) is 0 Å². The zero-order chi connectivity index (χ0) is 27.8. The van der Waals surface area contributed by atoms with E-state index in [1.54, 1.807) is 0 Å². The highest BCUT2D eigenvalue weighted by atomic mass is 16.5. The SMILES string of the molecule is CCCCCCCCCCOC(=O)CCCCCCCCCCCCC(=O)OCCCCCCCCCC. The van der Waals surface area contributed by atoms with Crippen molar-refractivity contribution < 1.29 is 19.1 Å². The lowest BCUT2D eigenvalue weighted by Crippen LogP contribution is -2.05. The molecule has 0 spiro atoms. The number of hydrogen-bond acceptors (Lipinski definition) is 4. The number of carbonyl (C=O) groups is 2. The fourth-order valence-electron chi connectivity index (χ4n) is 4.94. The Kier molecular flexibility index (Phi) is 31.3. The molecule has 0 aliphatic rings. The molecule has 4 heteroatoms. The van der Waals surface area contributed by atoms with Gasteiger partial charge in [0.25, 0.3) is 0 Å². The lowest BCUT2D eigenvalue weighted by atomic mass is 10.1. The monoisotopic (exact) mass is 538 g/mol. The third-order valence-corrected chi connectivity index (χ3v) is 7.53. The molecule has 0 aromatic heterocycles. The van der Waals surface area contributed by atoms with Crippen LogP contribution in [0.15, 0.2) is 0 Å². The van der Waals surface area contributed by atoms with Gasteiger partial charge in [-0.1, -0.05) is 155 Å². The third kappa shape index (κ3) is 31.2. The minimum absolute atomic E-state index is 0.00927. The minimum atomic E-state index is -0.00927. The van der Waals surface area contributed by atoms with Gasteiger partial charge in [-0.3, -0.25) is 9.59 Å². The quantitative estimate of drug-likeness (QED) is 0.0650. The van der Waals surface area contributed by atoms with E-state index in [-0.39, 0.29) is 11.9 Å². The second-order valence-electron chi connectivity index (χ2n) is 11.4. The summed E-state index contributed by atoms with van der Waals surface area (Å²) >= 11 is 0. The molecule has 0 saturated carbocycles. The Morgan fingerprint density at radius 3 is 0.868 bits per heavy atom. The van der Waals surface area contributed by atoms with Crippen molar-refractivity contribution in [1.29, 1.82) is 0 Å². The second kappa shape index (κ2) is 32.2. The molecule has 0 heterocycles. The molecule has 226 valence electrons. The van der Waals surface area contributed by atoms with Gasteiger partial charge < -0.3 is 9.47 Å². The van der Waals surface area contributed by atoms with E-state index in [9.17, 15) is 9.59 Å². The predicted molar refractivity (Wildman–Crippen MR) is 163 cm³/mol. The summed E-state index contributed by atoms with van der Waals surface area (Å²) in [5, 5.41) is 0. The van der Waals surface area contributed by atoms with E-state index in [4.69, 9.17) is 9.47 Å². The van der Waals surface area contributed by atoms with Crippen LogP contribution >= 0.6 is 0 Å². The van der Waals surface area contributed by atoms with Crippen molar-refractivity contribution in [2.24, 2.45) is 0 Å². The largest absolute Gasteiger partial charge is 0.466 e. The molecule has 0 rings (SSSR count). The molecule has 0 aliphatic heterocycles. The first-order valence-corrected chi connectivity index (χ1v) is 17.0. The fraction of sp³-hybridized carbons (Fsp3) is 0.941. The van der Waals surface area contributed by atoms with Crippen molar-refractivity contribution >= 4 is 11.9 Å². The zero-order valence-electron chi connectivity index (χ0n) is 25.8. The van der Waals surface area contributed by atoms with E-state index in [0.717, 1.165) is 38.5 Å². The van der Waals surface area contributed by atoms with Gasteiger partial charge in [-0.25, -0.2) is 0 Å². The van der Waals surface area contributed by atoms with E-state index in [2.05, 4.69) is 13.8 Å². The molecule has 0 saturated heterocycles. The van der Waals surface area contributed by atoms with Crippen LogP contribution in [-0.2, 0) is 19.1 Å². The van der Waals surface area contributed by atoms with Gasteiger partial charge in [0.1, 0.15) is 0 Å². The van der Waals surface area contributed by atoms with E-state index in [0.29, 0.717) is 26.1 Å². The van der Waals surface area contributed by atoms with Crippen molar-refractivity contribution in [2.45, 2.75) is 194 Å². The van der Waals surface area contributed by atoms with E-state index in [1.165, 1.54) is 128 Å². The number of carbonyl (C=O) groups excluding carboxylic acids is 2. The maximum Gasteiger partial charge on any atom is 0.305 e. The molecule has 0 atom stereocenters. The zero-order valence-corrected chi connectivity index (χ0v) is 25.8. The molecular weight excluding hydrogens is 472 g/mol. The molecule has 38 heavy (non-hydrogen) atoms. The van der Waals surface area contributed by atoms with Gasteiger partial charge in [-0.15, -0.1) is 0 Å². The lowest BCUT2D eigenvalue weighted by molar-refractivity contribution is -0.144. The van der Waals surface area contributed by atoms with Crippen LogP contribution in [0.25, 0.3) is 0 Å². The van der Waals surface area contributed by atoms with Gasteiger partial charge in [0.2, 0.25) is 0 Å². The summed E-state index contributed by atoms with van der Waals surface area (Å²) in [5.41, 5.74) is 0. The first-order chi connectivity index (χ1) is 18.7. The van der Waals surface area contributed by atoms with Gasteiger partial charge in [0, 0.05) is 12.8 Å². The molecule has 0 radical (unpaired) electrons. The highest BCUT2D eigenvalue weighted by Gasteiger charge is 2.04. The predicted octanol–water partition coefficient (Wildman–Crippen LogP) is 11.0. The van der Waals surface area contributed by atoms with Crippen LogP contribution in [0.2, 0.25) is 0 Å². The average molecular weight is 539 g/mol. The van der Waals surface area contributed by atoms with E-state index >= 15 is 0 Å². The molecule has 0 aromatic carbocycles. The van der Waals surface area contributed by atoms with Crippen molar-refractivity contribution in [3.05, 3.63) is 0 Å². The summed E-state index contributed by atoms with van der Waals surface area (Å²) < 4.78 is 10.7. The van der Waals surface area contributed by atoms with Crippen LogP contribution in [-0.4, -0.2) is 25.2 Å². The molecule has 4 nitrogen and oxygen atoms in total. The van der Waals surface area contributed by atoms with Crippen LogP contribution in [0.1, 0.15) is 194 Å². The molecule has 0 bridgehead atoms. The lowest BCUT2D eigenvalue weighted by Gasteiger charge is -2.06. The summed E-state index contributed by atoms with van der Waals surface area (Å²) in [7, 11) is 0. The molecule has 0 aliphatic carbocycles. The Labute approximate surface area is 237 Å². The first-order valence-electron chi connectivity index (χ1n) is 17.0. The van der Waals surface area contributed by atoms with Crippen molar-refractivity contribution in [1.82, 2.24) is 0 Å². The molecule has 0 unspecified atom stereocenters. The van der Waals surface area contributed by atoms with Crippen LogP contribution in [0.5, 0.6) is 0 Å². The van der Waals surface area contributed by atoms with Crippen molar-refractivity contribution in [2.75, 3.05) is 13.2 Å². The van der Waals surface area contributed by atoms with Crippen molar-refractivity contribution in [3.8, 4) is 0 Å². The topological polar surface area (TPSA) is 52.6 Å². The van der Waals surface area contributed by atoms with Gasteiger partial charge in [0.05, 0.1) is 13.2 Å². The molecule has 0 aromatic rings. The van der Waals surface area contributed by atoms with Gasteiger partial charge >= 0.3 is 11.9 Å². The molecule has 0 N–H and O–H groups in total. The van der Waals surface area contributed by atoms with Crippen LogP contribution < -0.4 is 0 Å². The summed E-state index contributed by atoms with van der Waals surface area (Å²) in [6.45, 7) is 5.71. The number of ether oxygens (including phenoxy) is 2. The average Bonchev–Trinajstić information content (AvgIpc) is 2.91. The Morgan fingerprint density at radius 1 is 0.342 bits per heavy atom. The van der Waals surface area contributed by atoms with E-state index in [1.807, 2.05) is 0 Å². The molecular formula is C34H66O4. The van der Waals surface area contributed by atoms with Gasteiger partial charge in [0.15, 0.2) is 0 Å². The number of esters is 2. The van der Waals surface area contributed by atoms with Crippen molar-refractivity contribution in [3.63, 3.8) is 0 Å². The normalized spacial score (nSPS) is 11.1. The number of unbranched alkanes of at least 4 members (excludes halogenated alkanes) is 23. The Bertz CT molecular complexity index is 447.